The van der Waals surface area contributed by atoms with E-state index < -0.39 is 0 Å². The van der Waals surface area contributed by atoms with Crippen molar-refractivity contribution in [3.05, 3.63) is 47.8 Å². The third-order valence-corrected chi connectivity index (χ3v) is 5.81. The number of methoxy groups -OCH3 is 1. The van der Waals surface area contributed by atoms with Crippen molar-refractivity contribution in [2.45, 2.75) is 20.0 Å². The number of hydrogen-bond acceptors (Lipinski definition) is 4. The van der Waals surface area contributed by atoms with Gasteiger partial charge in [-0.25, -0.2) is 0 Å². The van der Waals surface area contributed by atoms with Crippen LogP contribution in [0.4, 0.5) is 0 Å². The average molecular weight is 390 g/mol. The lowest BCUT2D eigenvalue weighted by atomic mass is 10.00. The van der Waals surface area contributed by atoms with Gasteiger partial charge in [0.2, 0.25) is 0 Å². The maximum atomic E-state index is 13.0. The second-order valence-corrected chi connectivity index (χ2v) is 7.71. The summed E-state index contributed by atoms with van der Waals surface area (Å²) in [4.78, 5) is 19.3. The number of nitrogens with zero attached hydrogens (tertiary/aromatic N) is 3. The highest BCUT2D eigenvalue weighted by Crippen LogP contribution is 2.37. The minimum atomic E-state index is -0.173. The zero-order valence-corrected chi connectivity index (χ0v) is 17.7. The molecule has 0 aliphatic carbocycles. The molecule has 4 aromatic rings. The summed E-state index contributed by atoms with van der Waals surface area (Å²) in [5.74, 6) is 0.639. The summed E-state index contributed by atoms with van der Waals surface area (Å²) < 4.78 is 7.64. The van der Waals surface area contributed by atoms with Crippen LogP contribution in [0.1, 0.15) is 23.0 Å². The summed E-state index contributed by atoms with van der Waals surface area (Å²) in [5, 5.41) is 7.10. The molecule has 0 aliphatic heterocycles. The molecule has 0 bridgehead atoms. The van der Waals surface area contributed by atoms with Crippen molar-refractivity contribution in [3.63, 3.8) is 0 Å². The average Bonchev–Trinajstić information content (AvgIpc) is 2.99. The second kappa shape index (κ2) is 7.04. The van der Waals surface area contributed by atoms with E-state index in [0.29, 0.717) is 5.69 Å². The van der Waals surface area contributed by atoms with Crippen molar-refractivity contribution in [2.24, 2.45) is 7.05 Å². The SMILES string of the molecule is COc1ccc2c(c1)c1cc3c(C(=O)NC(C)N(C)C)nccc3c(C)c1n2C. The first-order chi connectivity index (χ1) is 13.8. The maximum Gasteiger partial charge on any atom is 0.271 e. The summed E-state index contributed by atoms with van der Waals surface area (Å²) in [6.45, 7) is 4.05. The fourth-order valence-electron chi connectivity index (χ4n) is 3.97. The molecule has 1 unspecified atom stereocenters. The first-order valence-corrected chi connectivity index (χ1v) is 9.65. The molecule has 0 fully saturated rings. The molecule has 6 nitrogen and oxygen atoms in total. The predicted molar refractivity (Wildman–Crippen MR) is 118 cm³/mol. The van der Waals surface area contributed by atoms with Gasteiger partial charge in [-0.3, -0.25) is 14.7 Å². The normalized spacial score (nSPS) is 12.8. The van der Waals surface area contributed by atoms with Crippen molar-refractivity contribution in [2.75, 3.05) is 21.2 Å². The highest BCUT2D eigenvalue weighted by Gasteiger charge is 2.19. The Labute approximate surface area is 170 Å². The van der Waals surface area contributed by atoms with Crippen LogP contribution in [0.2, 0.25) is 0 Å². The highest BCUT2D eigenvalue weighted by atomic mass is 16.5. The van der Waals surface area contributed by atoms with Gasteiger partial charge >= 0.3 is 0 Å². The molecule has 4 rings (SSSR count). The molecule has 0 spiro atoms. The Morgan fingerprint density at radius 3 is 2.59 bits per heavy atom. The largest absolute Gasteiger partial charge is 0.497 e. The van der Waals surface area contributed by atoms with Crippen LogP contribution in [0.5, 0.6) is 5.75 Å². The van der Waals surface area contributed by atoms with Gasteiger partial charge in [0, 0.05) is 34.9 Å². The van der Waals surface area contributed by atoms with Crippen LogP contribution in [0, 0.1) is 6.92 Å². The van der Waals surface area contributed by atoms with Crippen molar-refractivity contribution in [1.82, 2.24) is 19.8 Å². The number of aryl methyl sites for hydroxylation is 2. The van der Waals surface area contributed by atoms with Gasteiger partial charge in [0.15, 0.2) is 0 Å². The van der Waals surface area contributed by atoms with E-state index in [1.165, 1.54) is 0 Å². The van der Waals surface area contributed by atoms with Gasteiger partial charge in [-0.2, -0.15) is 0 Å². The fraction of sp³-hybridized carbons (Fsp3) is 0.304. The monoisotopic (exact) mass is 390 g/mol. The van der Waals surface area contributed by atoms with E-state index in [4.69, 9.17) is 4.74 Å². The molecule has 6 heteroatoms. The molecule has 150 valence electrons. The summed E-state index contributed by atoms with van der Waals surface area (Å²) >= 11 is 0. The van der Waals surface area contributed by atoms with E-state index in [0.717, 1.165) is 43.9 Å². The summed E-state index contributed by atoms with van der Waals surface area (Å²) in [6.07, 6.45) is 1.62. The van der Waals surface area contributed by atoms with Crippen LogP contribution in [-0.2, 0) is 7.05 Å². The van der Waals surface area contributed by atoms with E-state index in [1.807, 2.05) is 44.1 Å². The van der Waals surface area contributed by atoms with Crippen molar-refractivity contribution in [3.8, 4) is 5.75 Å². The Hall–Kier alpha value is -3.12. The van der Waals surface area contributed by atoms with Crippen LogP contribution in [0.3, 0.4) is 0 Å². The zero-order valence-electron chi connectivity index (χ0n) is 17.7. The Bertz CT molecular complexity index is 1260. The maximum absolute atomic E-state index is 13.0. The number of amides is 1. The molecule has 0 saturated carbocycles. The lowest BCUT2D eigenvalue weighted by molar-refractivity contribution is 0.0897. The number of nitrogens with one attached hydrogen (secondary N) is 1. The smallest absolute Gasteiger partial charge is 0.271 e. The van der Waals surface area contributed by atoms with E-state index in [9.17, 15) is 4.79 Å². The number of ether oxygens (including phenoxy) is 1. The second-order valence-electron chi connectivity index (χ2n) is 7.71. The van der Waals surface area contributed by atoms with E-state index in [1.54, 1.807) is 13.3 Å². The van der Waals surface area contributed by atoms with Gasteiger partial charge < -0.3 is 14.6 Å². The summed E-state index contributed by atoms with van der Waals surface area (Å²) in [7, 11) is 7.60. The van der Waals surface area contributed by atoms with Crippen LogP contribution in [0.15, 0.2) is 36.5 Å². The number of fused-ring (bicyclic) bond motifs is 4. The Balaban J connectivity index is 2.01. The standard InChI is InChI=1S/C23H26N4O2/c1-13-16-9-10-24-21(23(28)25-14(2)26(3)4)18(16)12-19-17-11-15(29-6)7-8-20(17)27(5)22(13)19/h7-12,14H,1-6H3,(H,25,28). The van der Waals surface area contributed by atoms with E-state index in [2.05, 4.69) is 41.0 Å². The van der Waals surface area contributed by atoms with E-state index >= 15 is 0 Å². The van der Waals surface area contributed by atoms with Gasteiger partial charge in [0.1, 0.15) is 11.4 Å². The van der Waals surface area contributed by atoms with Crippen LogP contribution >= 0.6 is 0 Å². The summed E-state index contributed by atoms with van der Waals surface area (Å²) in [6, 6.07) is 10.2. The van der Waals surface area contributed by atoms with Crippen LogP contribution in [-0.4, -0.2) is 47.7 Å². The van der Waals surface area contributed by atoms with Gasteiger partial charge in [-0.15, -0.1) is 0 Å². The fourth-order valence-corrected chi connectivity index (χ4v) is 3.97. The Kier molecular flexibility index (Phi) is 4.67. The number of aromatic nitrogens is 2. The van der Waals surface area contributed by atoms with Crippen molar-refractivity contribution >= 4 is 38.5 Å². The van der Waals surface area contributed by atoms with Crippen molar-refractivity contribution < 1.29 is 9.53 Å². The quantitative estimate of drug-likeness (QED) is 0.538. The topological polar surface area (TPSA) is 59.4 Å². The molecular weight excluding hydrogens is 364 g/mol. The van der Waals surface area contributed by atoms with Gasteiger partial charge in [0.25, 0.3) is 5.91 Å². The minimum Gasteiger partial charge on any atom is -0.497 e. The minimum absolute atomic E-state index is 0.0915. The molecule has 0 radical (unpaired) electrons. The molecule has 1 atom stereocenters. The van der Waals surface area contributed by atoms with Gasteiger partial charge in [-0.05, 0) is 69.2 Å². The first kappa shape index (κ1) is 19.2. The predicted octanol–water partition coefficient (Wildman–Crippen LogP) is 3.83. The number of carbonyl (C=O) groups excluding carboxylic acids is 1. The molecule has 29 heavy (non-hydrogen) atoms. The molecule has 2 heterocycles. The molecular formula is C23H26N4O2. The van der Waals surface area contributed by atoms with E-state index in [-0.39, 0.29) is 12.1 Å². The van der Waals surface area contributed by atoms with Crippen LogP contribution in [0.25, 0.3) is 32.6 Å². The number of carbonyl (C=O) groups is 1. The highest BCUT2D eigenvalue weighted by molar-refractivity contribution is 6.17. The summed E-state index contributed by atoms with van der Waals surface area (Å²) in [5.41, 5.74) is 3.85. The third kappa shape index (κ3) is 3.00. The van der Waals surface area contributed by atoms with Crippen LogP contribution < -0.4 is 10.1 Å². The number of rotatable bonds is 4. The van der Waals surface area contributed by atoms with Gasteiger partial charge in [0.05, 0.1) is 18.8 Å². The third-order valence-electron chi connectivity index (χ3n) is 5.81. The molecule has 1 N–H and O–H groups in total. The van der Waals surface area contributed by atoms with Crippen molar-refractivity contribution in [1.29, 1.82) is 0 Å². The first-order valence-electron chi connectivity index (χ1n) is 9.65. The zero-order chi connectivity index (χ0) is 20.9. The Morgan fingerprint density at radius 2 is 1.90 bits per heavy atom. The number of benzene rings is 2. The molecule has 1 amide bonds. The molecule has 0 saturated heterocycles. The molecule has 2 aromatic heterocycles. The molecule has 0 aliphatic rings. The lowest BCUT2D eigenvalue weighted by Crippen LogP contribution is -2.42. The number of hydrogen-bond donors (Lipinski definition) is 1. The Morgan fingerprint density at radius 1 is 1.14 bits per heavy atom. The lowest BCUT2D eigenvalue weighted by Gasteiger charge is -2.21. The van der Waals surface area contributed by atoms with Gasteiger partial charge in [-0.1, -0.05) is 0 Å². The number of pyridine rings is 1. The molecule has 2 aromatic carbocycles.